The summed E-state index contributed by atoms with van der Waals surface area (Å²) in [7, 11) is 5.54. The summed E-state index contributed by atoms with van der Waals surface area (Å²) >= 11 is 1.21. The Morgan fingerprint density at radius 1 is 1.30 bits per heavy atom. The van der Waals surface area contributed by atoms with Gasteiger partial charge >= 0.3 is 0 Å². The number of rotatable bonds is 6. The Kier molecular flexibility index (Phi) is 5.93. The monoisotopic (exact) mass is 327 g/mol. The van der Waals surface area contributed by atoms with Gasteiger partial charge in [0.15, 0.2) is 7.85 Å². The number of hydrogen-bond donors (Lipinski definition) is 2. The Labute approximate surface area is 140 Å². The molecule has 0 fully saturated rings. The van der Waals surface area contributed by atoms with Crippen molar-refractivity contribution in [3.8, 4) is 0 Å². The van der Waals surface area contributed by atoms with E-state index in [4.69, 9.17) is 7.85 Å². The molecule has 2 radical (unpaired) electrons. The molecule has 1 aromatic heterocycles. The highest BCUT2D eigenvalue weighted by Crippen LogP contribution is 2.18. The van der Waals surface area contributed by atoms with Crippen molar-refractivity contribution in [1.82, 2.24) is 10.3 Å². The summed E-state index contributed by atoms with van der Waals surface area (Å²) in [4.78, 5) is 28.5. The highest BCUT2D eigenvalue weighted by Gasteiger charge is 2.13. The van der Waals surface area contributed by atoms with Crippen LogP contribution in [0, 0.1) is 6.92 Å². The van der Waals surface area contributed by atoms with Crippen LogP contribution in [-0.2, 0) is 0 Å². The van der Waals surface area contributed by atoms with Gasteiger partial charge in [-0.25, -0.2) is 4.98 Å². The average molecular weight is 327 g/mol. The van der Waals surface area contributed by atoms with Crippen molar-refractivity contribution < 1.29 is 9.59 Å². The van der Waals surface area contributed by atoms with Crippen LogP contribution in [-0.4, -0.2) is 31.2 Å². The minimum absolute atomic E-state index is 0.146. The van der Waals surface area contributed by atoms with E-state index in [2.05, 4.69) is 22.5 Å². The van der Waals surface area contributed by atoms with Crippen LogP contribution in [0.5, 0.6) is 0 Å². The molecule has 0 atom stereocenters. The number of thiazole rings is 1. The molecule has 1 heterocycles. The maximum atomic E-state index is 12.1. The fourth-order valence-electron chi connectivity index (χ4n) is 1.96. The van der Waals surface area contributed by atoms with Gasteiger partial charge in [0, 0.05) is 28.1 Å². The lowest BCUT2D eigenvalue weighted by Crippen LogP contribution is -2.24. The third-order valence-electron chi connectivity index (χ3n) is 3.32. The van der Waals surface area contributed by atoms with Crippen LogP contribution in [0.25, 0.3) is 0 Å². The maximum Gasteiger partial charge on any atom is 0.275 e. The molecular formula is C16H18BN3O2S. The molecule has 0 aliphatic carbocycles. The molecule has 118 valence electrons. The minimum atomic E-state index is -0.343. The Hall–Kier alpha value is -2.15. The SMILES string of the molecule is [B]c1nc(C(=O)Nc2cc(C(=O)NCCCC)ccc2C)cs1. The molecule has 2 amide bonds. The van der Waals surface area contributed by atoms with Crippen LogP contribution in [0.15, 0.2) is 23.6 Å². The van der Waals surface area contributed by atoms with E-state index in [9.17, 15) is 9.59 Å². The van der Waals surface area contributed by atoms with Crippen LogP contribution in [0.3, 0.4) is 0 Å². The lowest BCUT2D eigenvalue weighted by Gasteiger charge is -2.10. The van der Waals surface area contributed by atoms with Crippen LogP contribution in [0.1, 0.15) is 46.2 Å². The molecule has 5 nitrogen and oxygen atoms in total. The number of carbonyl (C=O) groups is 2. The summed E-state index contributed by atoms with van der Waals surface area (Å²) in [6.07, 6.45) is 1.96. The summed E-state index contributed by atoms with van der Waals surface area (Å²) in [6.45, 7) is 4.57. The number of unbranched alkanes of at least 4 members (excludes halogenated alkanes) is 1. The first-order valence-corrected chi connectivity index (χ1v) is 8.30. The third-order valence-corrected chi connectivity index (χ3v) is 3.99. The number of aryl methyl sites for hydroxylation is 1. The third kappa shape index (κ3) is 4.66. The summed E-state index contributed by atoms with van der Waals surface area (Å²) in [6, 6.07) is 5.22. The predicted octanol–water partition coefficient (Wildman–Crippen LogP) is 2.03. The van der Waals surface area contributed by atoms with Crippen molar-refractivity contribution >= 4 is 41.6 Å². The van der Waals surface area contributed by atoms with Gasteiger partial charge in [-0.15, -0.1) is 11.3 Å². The normalized spacial score (nSPS) is 10.3. The van der Waals surface area contributed by atoms with E-state index in [1.165, 1.54) is 11.3 Å². The van der Waals surface area contributed by atoms with Gasteiger partial charge < -0.3 is 10.6 Å². The van der Waals surface area contributed by atoms with E-state index in [0.29, 0.717) is 22.7 Å². The molecule has 2 N–H and O–H groups in total. The van der Waals surface area contributed by atoms with Gasteiger partial charge in [-0.1, -0.05) is 19.4 Å². The summed E-state index contributed by atoms with van der Waals surface area (Å²) in [5.41, 5.74) is 2.24. The van der Waals surface area contributed by atoms with Gasteiger partial charge in [0.05, 0.1) is 0 Å². The molecule has 0 spiro atoms. The van der Waals surface area contributed by atoms with Gasteiger partial charge in [-0.2, -0.15) is 0 Å². The zero-order valence-electron chi connectivity index (χ0n) is 13.2. The molecule has 0 unspecified atom stereocenters. The fraction of sp³-hybridized carbons (Fsp3) is 0.312. The zero-order valence-corrected chi connectivity index (χ0v) is 14.0. The van der Waals surface area contributed by atoms with Crippen molar-refractivity contribution in [2.24, 2.45) is 0 Å². The number of nitrogens with zero attached hydrogens (tertiary/aromatic N) is 1. The highest BCUT2D eigenvalue weighted by atomic mass is 32.1. The van der Waals surface area contributed by atoms with Crippen LogP contribution < -0.4 is 15.5 Å². The van der Waals surface area contributed by atoms with Crippen molar-refractivity contribution in [3.05, 3.63) is 40.4 Å². The number of carbonyl (C=O) groups excluding carboxylic acids is 2. The highest BCUT2D eigenvalue weighted by molar-refractivity contribution is 7.17. The van der Waals surface area contributed by atoms with Crippen LogP contribution >= 0.6 is 11.3 Å². The fourth-order valence-corrected chi connectivity index (χ4v) is 2.50. The van der Waals surface area contributed by atoms with E-state index in [1.54, 1.807) is 23.6 Å². The molecule has 2 aromatic rings. The first-order valence-electron chi connectivity index (χ1n) is 7.42. The number of anilines is 1. The molecule has 1 aromatic carbocycles. The predicted molar refractivity (Wildman–Crippen MR) is 93.9 cm³/mol. The van der Waals surface area contributed by atoms with E-state index < -0.39 is 0 Å². The molecule has 0 saturated heterocycles. The Morgan fingerprint density at radius 3 is 2.74 bits per heavy atom. The summed E-state index contributed by atoms with van der Waals surface area (Å²) < 4.78 is 0. The molecule has 2 rings (SSSR count). The molecule has 0 aliphatic heterocycles. The topological polar surface area (TPSA) is 71.1 Å². The summed E-state index contributed by atoms with van der Waals surface area (Å²) in [5, 5.41) is 7.23. The lowest BCUT2D eigenvalue weighted by molar-refractivity contribution is 0.0951. The van der Waals surface area contributed by atoms with Crippen molar-refractivity contribution in [2.75, 3.05) is 11.9 Å². The van der Waals surface area contributed by atoms with Crippen LogP contribution in [0.4, 0.5) is 5.69 Å². The molecule has 0 aliphatic rings. The van der Waals surface area contributed by atoms with Crippen molar-refractivity contribution in [2.45, 2.75) is 26.7 Å². The van der Waals surface area contributed by atoms with Crippen molar-refractivity contribution in [3.63, 3.8) is 0 Å². The van der Waals surface area contributed by atoms with Gasteiger partial charge in [-0.3, -0.25) is 9.59 Å². The quantitative estimate of drug-likeness (QED) is 0.630. The number of aromatic nitrogens is 1. The molecule has 23 heavy (non-hydrogen) atoms. The van der Waals surface area contributed by atoms with Gasteiger partial charge in [-0.05, 0) is 31.0 Å². The second-order valence-electron chi connectivity index (χ2n) is 5.16. The Balaban J connectivity index is 2.11. The largest absolute Gasteiger partial charge is 0.352 e. The Bertz CT molecular complexity index is 715. The van der Waals surface area contributed by atoms with Gasteiger partial charge in [0.1, 0.15) is 5.69 Å². The van der Waals surface area contributed by atoms with Gasteiger partial charge in [0.25, 0.3) is 11.8 Å². The zero-order chi connectivity index (χ0) is 16.8. The molecule has 0 bridgehead atoms. The first kappa shape index (κ1) is 17.2. The smallest absolute Gasteiger partial charge is 0.275 e. The second kappa shape index (κ2) is 7.92. The average Bonchev–Trinajstić information content (AvgIpc) is 2.96. The maximum absolute atomic E-state index is 12.1. The number of nitrogens with one attached hydrogen (secondary N) is 2. The molecule has 7 heteroatoms. The minimum Gasteiger partial charge on any atom is -0.352 e. The van der Waals surface area contributed by atoms with Crippen LogP contribution in [0.2, 0.25) is 0 Å². The van der Waals surface area contributed by atoms with Gasteiger partial charge in [0.2, 0.25) is 0 Å². The Morgan fingerprint density at radius 2 is 2.09 bits per heavy atom. The molecule has 0 saturated carbocycles. The van der Waals surface area contributed by atoms with E-state index >= 15 is 0 Å². The van der Waals surface area contributed by atoms with E-state index in [0.717, 1.165) is 18.4 Å². The summed E-state index contributed by atoms with van der Waals surface area (Å²) in [5.74, 6) is -0.489. The number of hydrogen-bond acceptors (Lipinski definition) is 4. The first-order chi connectivity index (χ1) is 11.0. The standard InChI is InChI=1S/C16H18BN3O2S/c1-3-4-7-18-14(21)11-6-5-10(2)12(8-11)19-15(22)13-9-23-16(17)20-13/h5-6,8-9H,3-4,7H2,1-2H3,(H,18,21)(H,19,22). The van der Waals surface area contributed by atoms with E-state index in [1.807, 2.05) is 6.92 Å². The molecular weight excluding hydrogens is 309 g/mol. The lowest BCUT2D eigenvalue weighted by atomic mass is 10.1. The number of benzene rings is 1. The van der Waals surface area contributed by atoms with Crippen molar-refractivity contribution in [1.29, 1.82) is 0 Å². The number of amides is 2. The second-order valence-corrected chi connectivity index (χ2v) is 6.05. The van der Waals surface area contributed by atoms with E-state index in [-0.39, 0.29) is 17.5 Å².